The van der Waals surface area contributed by atoms with Crippen LogP contribution < -0.4 is 5.32 Å². The molecule has 0 aromatic carbocycles. The minimum Gasteiger partial charge on any atom is -0.355 e. The normalized spacial score (nSPS) is 11.2. The third-order valence-electron chi connectivity index (χ3n) is 1.68. The molecule has 88 valence electrons. The van der Waals surface area contributed by atoms with Gasteiger partial charge in [-0.1, -0.05) is 37.8 Å². The van der Waals surface area contributed by atoms with Gasteiger partial charge in [0.1, 0.15) is 3.53 Å². The molecule has 0 spiro atoms. The molecule has 2 nitrogen and oxygen atoms in total. The third-order valence-corrected chi connectivity index (χ3v) is 4.28. The Bertz CT molecular complexity index is 229. The number of nitrogens with one attached hydrogen (secondary N) is 1. The van der Waals surface area contributed by atoms with Gasteiger partial charge >= 0.3 is 0 Å². The van der Waals surface area contributed by atoms with Crippen LogP contribution in [0.5, 0.6) is 0 Å². The fourth-order valence-corrected chi connectivity index (χ4v) is 3.86. The second kappa shape index (κ2) is 7.52. The molecule has 0 saturated heterocycles. The van der Waals surface area contributed by atoms with E-state index < -0.39 is 4.75 Å². The smallest absolute Gasteiger partial charge is 0.236 e. The summed E-state index contributed by atoms with van der Waals surface area (Å²) >= 11 is 8.26. The van der Waals surface area contributed by atoms with Gasteiger partial charge < -0.3 is 5.32 Å². The summed E-state index contributed by atoms with van der Waals surface area (Å²) in [5.74, 6) is 1.02. The summed E-state index contributed by atoms with van der Waals surface area (Å²) < 4.78 is 0.378. The molecule has 0 fully saturated rings. The molecular formula is C10H19NOS3. The fourth-order valence-electron chi connectivity index (χ4n) is 0.853. The number of carbonyl (C=O) groups is 1. The van der Waals surface area contributed by atoms with Gasteiger partial charge in [0.15, 0.2) is 0 Å². The number of hydrogen-bond acceptors (Lipinski definition) is 4. The van der Waals surface area contributed by atoms with E-state index in [1.54, 1.807) is 11.8 Å². The molecule has 0 aliphatic rings. The van der Waals surface area contributed by atoms with Gasteiger partial charge in [0, 0.05) is 6.54 Å². The third kappa shape index (κ3) is 6.43. The Kier molecular flexibility index (Phi) is 7.65. The van der Waals surface area contributed by atoms with Gasteiger partial charge in [0.05, 0.1) is 4.75 Å². The number of amides is 1. The molecule has 0 aromatic rings. The van der Waals surface area contributed by atoms with E-state index >= 15 is 0 Å². The SMILES string of the molecule is CCCNC(=O)C(C)(C)SC(=S)SCC. The van der Waals surface area contributed by atoms with Gasteiger partial charge in [0.2, 0.25) is 5.91 Å². The van der Waals surface area contributed by atoms with E-state index in [2.05, 4.69) is 12.2 Å². The standard InChI is InChI=1S/C10H19NOS3/c1-5-7-11-8(12)10(3,4)15-9(13)14-6-2/h5-7H2,1-4H3,(H,11,12). The monoisotopic (exact) mass is 265 g/mol. The average Bonchev–Trinajstić information content (AvgIpc) is 2.13. The molecule has 1 N–H and O–H groups in total. The Morgan fingerprint density at radius 3 is 2.47 bits per heavy atom. The summed E-state index contributed by atoms with van der Waals surface area (Å²) in [6.45, 7) is 8.65. The quantitative estimate of drug-likeness (QED) is 0.774. The highest BCUT2D eigenvalue weighted by Gasteiger charge is 2.29. The summed E-state index contributed by atoms with van der Waals surface area (Å²) in [6, 6.07) is 0. The predicted molar refractivity (Wildman–Crippen MR) is 75.7 cm³/mol. The number of thioether (sulfide) groups is 2. The van der Waals surface area contributed by atoms with Crippen LogP contribution in [0.3, 0.4) is 0 Å². The van der Waals surface area contributed by atoms with Crippen LogP contribution in [-0.2, 0) is 4.79 Å². The second-order valence-electron chi connectivity index (χ2n) is 3.55. The van der Waals surface area contributed by atoms with Gasteiger partial charge in [0.25, 0.3) is 0 Å². The molecule has 15 heavy (non-hydrogen) atoms. The van der Waals surface area contributed by atoms with Gasteiger partial charge in [-0.05, 0) is 26.0 Å². The Labute approximate surface area is 106 Å². The summed E-state index contributed by atoms with van der Waals surface area (Å²) in [4.78, 5) is 11.8. The lowest BCUT2D eigenvalue weighted by Crippen LogP contribution is -2.40. The lowest BCUT2D eigenvalue weighted by molar-refractivity contribution is -0.122. The van der Waals surface area contributed by atoms with Crippen molar-refractivity contribution in [2.75, 3.05) is 12.3 Å². The molecule has 0 saturated carbocycles. The summed E-state index contributed by atoms with van der Waals surface area (Å²) in [6.07, 6.45) is 0.959. The maximum atomic E-state index is 11.8. The van der Waals surface area contributed by atoms with Crippen LogP contribution in [0.1, 0.15) is 34.1 Å². The van der Waals surface area contributed by atoms with Crippen molar-refractivity contribution in [3.8, 4) is 0 Å². The highest BCUT2D eigenvalue weighted by Crippen LogP contribution is 2.30. The first-order valence-corrected chi connectivity index (χ1v) is 7.29. The molecule has 0 aromatic heterocycles. The zero-order valence-electron chi connectivity index (χ0n) is 9.75. The lowest BCUT2D eigenvalue weighted by Gasteiger charge is -2.22. The van der Waals surface area contributed by atoms with Crippen molar-refractivity contribution in [2.45, 2.75) is 38.9 Å². The van der Waals surface area contributed by atoms with Crippen molar-refractivity contribution >= 4 is 45.2 Å². The van der Waals surface area contributed by atoms with E-state index in [1.807, 2.05) is 20.8 Å². The molecule has 1 amide bonds. The van der Waals surface area contributed by atoms with Crippen LogP contribution in [0.15, 0.2) is 0 Å². The first kappa shape index (κ1) is 15.3. The lowest BCUT2D eigenvalue weighted by atomic mass is 10.2. The maximum Gasteiger partial charge on any atom is 0.236 e. The van der Waals surface area contributed by atoms with Crippen molar-refractivity contribution in [3.05, 3.63) is 0 Å². The first-order valence-electron chi connectivity index (χ1n) is 5.08. The van der Waals surface area contributed by atoms with Crippen molar-refractivity contribution in [3.63, 3.8) is 0 Å². The van der Waals surface area contributed by atoms with Crippen molar-refractivity contribution in [1.82, 2.24) is 5.32 Å². The van der Waals surface area contributed by atoms with Crippen LogP contribution in [0, 0.1) is 0 Å². The average molecular weight is 265 g/mol. The fraction of sp³-hybridized carbons (Fsp3) is 0.800. The summed E-state index contributed by atoms with van der Waals surface area (Å²) in [5, 5.41) is 2.89. The van der Waals surface area contributed by atoms with E-state index in [-0.39, 0.29) is 5.91 Å². The topological polar surface area (TPSA) is 29.1 Å². The first-order chi connectivity index (χ1) is 6.94. The van der Waals surface area contributed by atoms with Crippen LogP contribution in [0.4, 0.5) is 0 Å². The van der Waals surface area contributed by atoms with E-state index in [4.69, 9.17) is 12.2 Å². The zero-order chi connectivity index (χ0) is 11.9. The van der Waals surface area contributed by atoms with E-state index in [0.29, 0.717) is 0 Å². The van der Waals surface area contributed by atoms with Crippen LogP contribution in [0.2, 0.25) is 0 Å². The van der Waals surface area contributed by atoms with E-state index in [0.717, 1.165) is 22.2 Å². The molecule has 5 heteroatoms. The zero-order valence-corrected chi connectivity index (χ0v) is 12.2. The predicted octanol–water partition coefficient (Wildman–Crippen LogP) is 3.06. The highest BCUT2D eigenvalue weighted by atomic mass is 32.2. The summed E-state index contributed by atoms with van der Waals surface area (Å²) in [5.41, 5.74) is 0. The minimum atomic E-state index is -0.464. The highest BCUT2D eigenvalue weighted by molar-refractivity contribution is 8.47. The molecule has 0 atom stereocenters. The molecule has 0 aliphatic heterocycles. The van der Waals surface area contributed by atoms with Gasteiger partial charge in [-0.3, -0.25) is 4.79 Å². The number of rotatable bonds is 5. The molecule has 0 rings (SSSR count). The van der Waals surface area contributed by atoms with Crippen molar-refractivity contribution in [1.29, 1.82) is 0 Å². The van der Waals surface area contributed by atoms with Crippen LogP contribution in [-0.4, -0.2) is 26.5 Å². The minimum absolute atomic E-state index is 0.0633. The van der Waals surface area contributed by atoms with Crippen LogP contribution in [0.25, 0.3) is 0 Å². The number of hydrogen-bond donors (Lipinski definition) is 1. The maximum absolute atomic E-state index is 11.8. The van der Waals surface area contributed by atoms with Gasteiger partial charge in [-0.15, -0.1) is 11.8 Å². The van der Waals surface area contributed by atoms with Gasteiger partial charge in [-0.2, -0.15) is 0 Å². The van der Waals surface area contributed by atoms with E-state index in [9.17, 15) is 4.79 Å². The number of thiocarbonyl (C=S) groups is 1. The molecule has 0 bridgehead atoms. The van der Waals surface area contributed by atoms with Crippen molar-refractivity contribution in [2.24, 2.45) is 0 Å². The molecule has 0 radical (unpaired) electrons. The Balaban J connectivity index is 4.15. The molecule has 0 heterocycles. The molecule has 0 aliphatic carbocycles. The second-order valence-corrected chi connectivity index (χ2v) is 7.64. The Morgan fingerprint density at radius 2 is 2.00 bits per heavy atom. The van der Waals surface area contributed by atoms with Gasteiger partial charge in [-0.25, -0.2) is 0 Å². The molecule has 0 unspecified atom stereocenters. The summed E-state index contributed by atoms with van der Waals surface area (Å²) in [7, 11) is 0. The Hall–Kier alpha value is 0.260. The Morgan fingerprint density at radius 1 is 1.40 bits per heavy atom. The molecular weight excluding hydrogens is 246 g/mol. The van der Waals surface area contributed by atoms with E-state index in [1.165, 1.54) is 11.8 Å². The largest absolute Gasteiger partial charge is 0.355 e. The number of carbonyl (C=O) groups excluding carboxylic acids is 1. The van der Waals surface area contributed by atoms with Crippen LogP contribution >= 0.6 is 35.7 Å². The van der Waals surface area contributed by atoms with Crippen molar-refractivity contribution < 1.29 is 4.79 Å².